The van der Waals surface area contributed by atoms with E-state index in [4.69, 9.17) is 9.53 Å². The molecule has 0 spiro atoms. The first-order valence-corrected chi connectivity index (χ1v) is 17.3. The van der Waals surface area contributed by atoms with Crippen molar-refractivity contribution in [3.8, 4) is 0 Å². The van der Waals surface area contributed by atoms with E-state index in [0.717, 1.165) is 69.1 Å². The number of epoxide rings is 1. The van der Waals surface area contributed by atoms with Gasteiger partial charge in [-0.3, -0.25) is 4.79 Å². The molecule has 7 unspecified atom stereocenters. The first-order valence-electron chi connectivity index (χ1n) is 17.3. The SMILES string of the molecule is C=C(CCCCCC1CC(O)C2CC2C1)NC(C)CCCCNC(=O)CCCCCC1CC2OC2C1.CC.CC=O. The lowest BCUT2D eigenvalue weighted by atomic mass is 9.84. The fourth-order valence-corrected chi connectivity index (χ4v) is 7.10. The van der Waals surface area contributed by atoms with E-state index in [0.29, 0.717) is 30.6 Å². The number of fused-ring (bicyclic) bond motifs is 2. The molecule has 3 aliphatic carbocycles. The summed E-state index contributed by atoms with van der Waals surface area (Å²) in [6, 6.07) is 0.445. The number of allylic oxidation sites excluding steroid dienone is 1. The molecule has 0 bridgehead atoms. The van der Waals surface area contributed by atoms with Crippen LogP contribution in [0, 0.1) is 23.7 Å². The van der Waals surface area contributed by atoms with Crippen LogP contribution < -0.4 is 10.6 Å². The van der Waals surface area contributed by atoms with Gasteiger partial charge in [0, 0.05) is 24.7 Å². The number of rotatable bonds is 19. The van der Waals surface area contributed by atoms with Crippen LogP contribution in [0.4, 0.5) is 0 Å². The fraction of sp³-hybridized carbons (Fsp3) is 0.886. The van der Waals surface area contributed by atoms with Gasteiger partial charge in [-0.2, -0.15) is 0 Å². The number of aliphatic hydroxyl groups excluding tert-OH is 1. The molecule has 6 nitrogen and oxygen atoms in total. The van der Waals surface area contributed by atoms with E-state index >= 15 is 0 Å². The number of carbonyl (C=O) groups excluding carboxylic acids is 2. The van der Waals surface area contributed by atoms with Crippen molar-refractivity contribution in [3.05, 3.63) is 12.3 Å². The van der Waals surface area contributed by atoms with Crippen LogP contribution in [0.1, 0.15) is 143 Å². The number of nitrogens with one attached hydrogen (secondary N) is 2. The highest BCUT2D eigenvalue weighted by Gasteiger charge is 2.48. The number of unbranched alkanes of at least 4 members (excludes halogenated alkanes) is 5. The van der Waals surface area contributed by atoms with Crippen LogP contribution in [0.15, 0.2) is 12.3 Å². The fourth-order valence-electron chi connectivity index (χ4n) is 7.10. The highest BCUT2D eigenvalue weighted by Crippen LogP contribution is 2.52. The summed E-state index contributed by atoms with van der Waals surface area (Å²) in [6.07, 6.45) is 23.1. The Morgan fingerprint density at radius 3 is 2.15 bits per heavy atom. The molecule has 4 aliphatic rings. The number of hydrogen-bond donors (Lipinski definition) is 3. The van der Waals surface area contributed by atoms with E-state index in [1.807, 2.05) is 13.8 Å². The van der Waals surface area contributed by atoms with E-state index in [-0.39, 0.29) is 12.0 Å². The van der Waals surface area contributed by atoms with Crippen molar-refractivity contribution >= 4 is 12.2 Å². The lowest BCUT2D eigenvalue weighted by molar-refractivity contribution is -0.121. The number of carbonyl (C=O) groups is 2. The molecule has 0 radical (unpaired) electrons. The van der Waals surface area contributed by atoms with Gasteiger partial charge < -0.3 is 25.3 Å². The third kappa shape index (κ3) is 15.1. The minimum atomic E-state index is -0.00157. The van der Waals surface area contributed by atoms with Gasteiger partial charge >= 0.3 is 0 Å². The summed E-state index contributed by atoms with van der Waals surface area (Å²) >= 11 is 0. The predicted molar refractivity (Wildman–Crippen MR) is 170 cm³/mol. The molecule has 4 fully saturated rings. The Hall–Kier alpha value is -1.40. The maximum atomic E-state index is 12.1. The van der Waals surface area contributed by atoms with Crippen LogP contribution in [-0.4, -0.2) is 48.2 Å². The van der Waals surface area contributed by atoms with Gasteiger partial charge in [0.25, 0.3) is 0 Å². The summed E-state index contributed by atoms with van der Waals surface area (Å²) in [7, 11) is 0. The monoisotopic (exact) mass is 576 g/mol. The second-order valence-electron chi connectivity index (χ2n) is 13.0. The zero-order valence-electron chi connectivity index (χ0n) is 27.0. The topological polar surface area (TPSA) is 91.0 Å². The quantitative estimate of drug-likeness (QED) is 0.0842. The van der Waals surface area contributed by atoms with E-state index in [9.17, 15) is 9.90 Å². The molecule has 41 heavy (non-hydrogen) atoms. The molecule has 3 N–H and O–H groups in total. The highest BCUT2D eigenvalue weighted by atomic mass is 16.6. The summed E-state index contributed by atoms with van der Waals surface area (Å²) in [5.41, 5.74) is 1.17. The second-order valence-corrected chi connectivity index (χ2v) is 13.0. The van der Waals surface area contributed by atoms with Gasteiger partial charge in [0.05, 0.1) is 18.3 Å². The van der Waals surface area contributed by atoms with Crippen molar-refractivity contribution in [2.45, 2.75) is 168 Å². The van der Waals surface area contributed by atoms with Crippen molar-refractivity contribution in [1.82, 2.24) is 10.6 Å². The number of hydrogen-bond acceptors (Lipinski definition) is 5. The smallest absolute Gasteiger partial charge is 0.219 e. The minimum absolute atomic E-state index is 0.00157. The summed E-state index contributed by atoms with van der Waals surface area (Å²) in [5, 5.41) is 16.8. The van der Waals surface area contributed by atoms with Crippen LogP contribution in [0.3, 0.4) is 0 Å². The Balaban J connectivity index is 0.00000110. The zero-order valence-corrected chi connectivity index (χ0v) is 27.0. The molecule has 0 aromatic rings. The van der Waals surface area contributed by atoms with Crippen molar-refractivity contribution in [2.24, 2.45) is 23.7 Å². The van der Waals surface area contributed by atoms with Crippen molar-refractivity contribution in [1.29, 1.82) is 0 Å². The first-order chi connectivity index (χ1) is 19.9. The number of aliphatic hydroxyl groups is 1. The van der Waals surface area contributed by atoms with Gasteiger partial charge in [-0.15, -0.1) is 0 Å². The van der Waals surface area contributed by atoms with Gasteiger partial charge in [0.1, 0.15) is 6.29 Å². The molecular weight excluding hydrogens is 512 g/mol. The second kappa shape index (κ2) is 20.5. The van der Waals surface area contributed by atoms with Gasteiger partial charge in [-0.25, -0.2) is 0 Å². The normalized spacial score (nSPS) is 29.3. The number of aldehydes is 1. The van der Waals surface area contributed by atoms with Crippen LogP contribution in [-0.2, 0) is 14.3 Å². The molecule has 1 aliphatic heterocycles. The molecule has 3 saturated carbocycles. The van der Waals surface area contributed by atoms with Crippen LogP contribution >= 0.6 is 0 Å². The molecule has 7 atom stereocenters. The van der Waals surface area contributed by atoms with Gasteiger partial charge in [-0.05, 0) is 108 Å². The van der Waals surface area contributed by atoms with Crippen molar-refractivity contribution in [3.63, 3.8) is 0 Å². The molecule has 1 heterocycles. The Morgan fingerprint density at radius 2 is 1.51 bits per heavy atom. The van der Waals surface area contributed by atoms with E-state index in [1.54, 1.807) is 0 Å². The van der Waals surface area contributed by atoms with Crippen LogP contribution in [0.25, 0.3) is 0 Å². The Morgan fingerprint density at radius 1 is 0.902 bits per heavy atom. The number of amides is 1. The lowest BCUT2D eigenvalue weighted by Gasteiger charge is -2.25. The predicted octanol–water partition coefficient (Wildman–Crippen LogP) is 7.48. The Kier molecular flexibility index (Phi) is 17.9. The third-order valence-corrected chi connectivity index (χ3v) is 9.45. The summed E-state index contributed by atoms with van der Waals surface area (Å²) in [6.45, 7) is 12.7. The molecule has 1 amide bonds. The average Bonchev–Trinajstić information content (AvgIpc) is 3.86. The Bertz CT molecular complexity index is 734. The highest BCUT2D eigenvalue weighted by molar-refractivity contribution is 5.75. The van der Waals surface area contributed by atoms with Crippen LogP contribution in [0.2, 0.25) is 0 Å². The lowest BCUT2D eigenvalue weighted by Crippen LogP contribution is -2.26. The molecule has 0 aromatic heterocycles. The van der Waals surface area contributed by atoms with E-state index in [1.165, 1.54) is 83.2 Å². The zero-order chi connectivity index (χ0) is 30.0. The maximum Gasteiger partial charge on any atom is 0.219 e. The molecule has 4 rings (SSSR count). The van der Waals surface area contributed by atoms with E-state index < -0.39 is 0 Å². The first kappa shape index (κ1) is 35.8. The Labute approximate surface area is 252 Å². The number of ether oxygens (including phenoxy) is 1. The van der Waals surface area contributed by atoms with Crippen molar-refractivity contribution in [2.75, 3.05) is 6.54 Å². The average molecular weight is 577 g/mol. The van der Waals surface area contributed by atoms with Gasteiger partial charge in [-0.1, -0.05) is 59.0 Å². The van der Waals surface area contributed by atoms with Crippen LogP contribution in [0.5, 0.6) is 0 Å². The maximum absolute atomic E-state index is 12.1. The van der Waals surface area contributed by atoms with Gasteiger partial charge in [0.2, 0.25) is 5.91 Å². The largest absolute Gasteiger partial charge is 0.393 e. The minimum Gasteiger partial charge on any atom is -0.393 e. The molecule has 0 aromatic carbocycles. The summed E-state index contributed by atoms with van der Waals surface area (Å²) < 4.78 is 5.50. The molecule has 6 heteroatoms. The van der Waals surface area contributed by atoms with Crippen molar-refractivity contribution < 1.29 is 19.4 Å². The molecular formula is C35H64N2O4. The van der Waals surface area contributed by atoms with Gasteiger partial charge in [0.15, 0.2) is 0 Å². The molecule has 238 valence electrons. The molecule has 1 saturated heterocycles. The van der Waals surface area contributed by atoms with E-state index in [2.05, 4.69) is 24.1 Å². The standard InChI is InChI=1S/C31H54N2O3.C2H4O.C2H6/c1-22(11-5-3-6-13-24-17-26-21-27(26)28(34)18-24)33-23(2)12-9-10-16-32-31(35)15-8-4-7-14-25-19-29-30(20-25)36-29;1-2-3;1-2/h23-30,33-34H,1,3-21H2,2H3,(H,32,35);2H,1H3;1-2H3. The summed E-state index contributed by atoms with van der Waals surface area (Å²) in [5.74, 6) is 3.38. The third-order valence-electron chi connectivity index (χ3n) is 9.45. The summed E-state index contributed by atoms with van der Waals surface area (Å²) in [4.78, 5) is 20.9.